The van der Waals surface area contributed by atoms with E-state index in [4.69, 9.17) is 9.97 Å². The predicted octanol–water partition coefficient (Wildman–Crippen LogP) is 3.21. The Kier molecular flexibility index (Phi) is 6.30. The Hall–Kier alpha value is -2.95. The Balaban J connectivity index is 1.47. The quantitative estimate of drug-likeness (QED) is 0.707. The summed E-state index contributed by atoms with van der Waals surface area (Å²) in [7, 11) is 2.16. The number of aromatic nitrogens is 3. The van der Waals surface area contributed by atoms with Gasteiger partial charge in [0.25, 0.3) is 0 Å². The van der Waals surface area contributed by atoms with Crippen LogP contribution in [-0.2, 0) is 19.4 Å². The number of pyridine rings is 1. The van der Waals surface area contributed by atoms with Gasteiger partial charge in [0.2, 0.25) is 0 Å². The number of hydrogen-bond donors (Lipinski definition) is 0. The molecule has 1 aliphatic carbocycles. The van der Waals surface area contributed by atoms with Gasteiger partial charge >= 0.3 is 0 Å². The topological polar surface area (TPSA) is 64.2 Å². The summed E-state index contributed by atoms with van der Waals surface area (Å²) < 4.78 is 2.11. The molecule has 172 valence electrons. The third kappa shape index (κ3) is 4.21. The monoisotopic (exact) mass is 443 g/mol. The molecular weight excluding hydrogens is 410 g/mol. The van der Waals surface area contributed by atoms with E-state index >= 15 is 0 Å². The van der Waals surface area contributed by atoms with Crippen molar-refractivity contribution in [3.63, 3.8) is 0 Å². The zero-order chi connectivity index (χ0) is 22.8. The van der Waals surface area contributed by atoms with Crippen LogP contribution in [0.1, 0.15) is 54.3 Å². The molecule has 5 rings (SSSR count). The normalized spacial score (nSPS) is 20.7. The molecule has 0 spiro atoms. The number of allylic oxidation sites excluding steroid dienone is 3. The van der Waals surface area contributed by atoms with E-state index in [-0.39, 0.29) is 6.04 Å². The molecule has 2 aromatic heterocycles. The fourth-order valence-electron chi connectivity index (χ4n) is 5.38. The Labute approximate surface area is 196 Å². The van der Waals surface area contributed by atoms with Crippen molar-refractivity contribution >= 4 is 5.82 Å². The van der Waals surface area contributed by atoms with Crippen LogP contribution >= 0.6 is 0 Å². The van der Waals surface area contributed by atoms with Crippen molar-refractivity contribution in [3.05, 3.63) is 65.0 Å². The van der Waals surface area contributed by atoms with Crippen LogP contribution in [0.15, 0.2) is 36.6 Å². The SMILES string of the molecule is CCN(Cc1nc2n(c1C#N)C(N1CCN(C)CC1)=CC=CC2)[C@H]1CCCc2cccnc21. The molecule has 3 aliphatic rings. The van der Waals surface area contributed by atoms with Crippen molar-refractivity contribution in [1.82, 2.24) is 29.2 Å². The van der Waals surface area contributed by atoms with Crippen LogP contribution in [0, 0.1) is 11.3 Å². The van der Waals surface area contributed by atoms with Gasteiger partial charge < -0.3 is 9.80 Å². The Morgan fingerprint density at radius 2 is 2.09 bits per heavy atom. The Morgan fingerprint density at radius 3 is 2.88 bits per heavy atom. The van der Waals surface area contributed by atoms with Crippen molar-refractivity contribution in [3.8, 4) is 6.07 Å². The van der Waals surface area contributed by atoms with Crippen LogP contribution < -0.4 is 0 Å². The minimum Gasteiger partial charge on any atom is -0.355 e. The number of nitrogens with zero attached hydrogens (tertiary/aromatic N) is 7. The van der Waals surface area contributed by atoms with Crippen LogP contribution in [0.2, 0.25) is 0 Å². The van der Waals surface area contributed by atoms with Gasteiger partial charge in [0.15, 0.2) is 0 Å². The van der Waals surface area contributed by atoms with Gasteiger partial charge in [-0.05, 0) is 50.6 Å². The van der Waals surface area contributed by atoms with Crippen LogP contribution in [0.4, 0.5) is 0 Å². The van der Waals surface area contributed by atoms with Crippen LogP contribution in [0.3, 0.4) is 0 Å². The predicted molar refractivity (Wildman–Crippen MR) is 129 cm³/mol. The van der Waals surface area contributed by atoms with E-state index in [2.05, 4.69) is 63.6 Å². The molecule has 7 heteroatoms. The Morgan fingerprint density at radius 1 is 1.24 bits per heavy atom. The molecule has 1 atom stereocenters. The molecule has 7 nitrogen and oxygen atoms in total. The fourth-order valence-corrected chi connectivity index (χ4v) is 5.38. The highest BCUT2D eigenvalue weighted by atomic mass is 15.3. The fraction of sp³-hybridized carbons (Fsp3) is 0.500. The number of piperazine rings is 1. The maximum Gasteiger partial charge on any atom is 0.150 e. The molecule has 0 saturated carbocycles. The molecule has 0 N–H and O–H groups in total. The number of nitriles is 1. The molecule has 2 aromatic rings. The Bertz CT molecular complexity index is 1100. The minimum atomic E-state index is 0.278. The van der Waals surface area contributed by atoms with Crippen LogP contribution in [0.25, 0.3) is 5.82 Å². The first kappa shape index (κ1) is 21.9. The zero-order valence-electron chi connectivity index (χ0n) is 19.7. The van der Waals surface area contributed by atoms with Crippen LogP contribution in [-0.4, -0.2) is 69.0 Å². The molecule has 4 heterocycles. The molecule has 1 fully saturated rings. The van der Waals surface area contributed by atoms with Crippen molar-refractivity contribution < 1.29 is 0 Å². The van der Waals surface area contributed by atoms with Crippen molar-refractivity contribution in [2.45, 2.75) is 45.2 Å². The molecule has 0 amide bonds. The standard InChI is InChI=1S/C26H33N7/c1-3-31(22-10-6-8-20-9-7-13-28-26(20)22)19-21-23(18-27)33-24(29-21)11-4-5-12-25(33)32-16-14-30(2)15-17-32/h4-5,7,9,12-13,22H,3,6,8,10-11,14-17,19H2,1-2H3/t22-/m0/s1. The van der Waals surface area contributed by atoms with E-state index in [9.17, 15) is 5.26 Å². The van der Waals surface area contributed by atoms with Crippen LogP contribution in [0.5, 0.6) is 0 Å². The lowest BCUT2D eigenvalue weighted by atomic mass is 9.90. The van der Waals surface area contributed by atoms with Gasteiger partial charge in [0.05, 0.1) is 17.4 Å². The molecule has 2 aliphatic heterocycles. The van der Waals surface area contributed by atoms with Gasteiger partial charge in [-0.2, -0.15) is 5.26 Å². The lowest BCUT2D eigenvalue weighted by molar-refractivity contribution is 0.173. The van der Waals surface area contributed by atoms with E-state index < -0.39 is 0 Å². The maximum absolute atomic E-state index is 10.3. The van der Waals surface area contributed by atoms with E-state index in [1.807, 2.05) is 12.3 Å². The number of imidazole rings is 1. The number of rotatable bonds is 5. The highest BCUT2D eigenvalue weighted by Gasteiger charge is 2.30. The minimum absolute atomic E-state index is 0.278. The summed E-state index contributed by atoms with van der Waals surface area (Å²) >= 11 is 0. The second-order valence-electron chi connectivity index (χ2n) is 9.24. The van der Waals surface area contributed by atoms with Crippen molar-refractivity contribution in [2.75, 3.05) is 39.8 Å². The summed E-state index contributed by atoms with van der Waals surface area (Å²) in [6, 6.07) is 7.04. The first-order chi connectivity index (χ1) is 16.2. The molecule has 0 unspecified atom stereocenters. The smallest absolute Gasteiger partial charge is 0.150 e. The summed E-state index contributed by atoms with van der Waals surface area (Å²) in [6.45, 7) is 7.73. The molecular formula is C26H33N7. The highest BCUT2D eigenvalue weighted by Crippen LogP contribution is 2.34. The molecule has 33 heavy (non-hydrogen) atoms. The van der Waals surface area contributed by atoms with Crippen molar-refractivity contribution in [1.29, 1.82) is 5.26 Å². The summed E-state index contributed by atoms with van der Waals surface area (Å²) in [5, 5.41) is 10.3. The van der Waals surface area contributed by atoms with Gasteiger partial charge in [0.1, 0.15) is 23.4 Å². The summed E-state index contributed by atoms with van der Waals surface area (Å²) in [4.78, 5) is 17.0. The van der Waals surface area contributed by atoms with E-state index in [1.165, 1.54) is 17.7 Å². The summed E-state index contributed by atoms with van der Waals surface area (Å²) in [6.07, 6.45) is 12.4. The van der Waals surface area contributed by atoms with Gasteiger partial charge in [-0.25, -0.2) is 4.98 Å². The van der Waals surface area contributed by atoms with Crippen molar-refractivity contribution in [2.24, 2.45) is 0 Å². The van der Waals surface area contributed by atoms with Gasteiger partial charge in [-0.3, -0.25) is 14.5 Å². The average molecular weight is 444 g/mol. The number of fused-ring (bicyclic) bond motifs is 2. The first-order valence-electron chi connectivity index (χ1n) is 12.2. The number of aryl methyl sites for hydroxylation is 1. The molecule has 0 bridgehead atoms. The first-order valence-corrected chi connectivity index (χ1v) is 12.2. The second kappa shape index (κ2) is 9.50. The molecule has 0 radical (unpaired) electrons. The maximum atomic E-state index is 10.3. The summed E-state index contributed by atoms with van der Waals surface area (Å²) in [5.41, 5.74) is 4.12. The van der Waals surface area contributed by atoms with Gasteiger partial charge in [0, 0.05) is 45.3 Å². The zero-order valence-corrected chi connectivity index (χ0v) is 19.7. The third-order valence-corrected chi connectivity index (χ3v) is 7.23. The number of likely N-dealkylation sites (N-methyl/N-ethyl adjacent to an activating group) is 1. The molecule has 0 aromatic carbocycles. The second-order valence-corrected chi connectivity index (χ2v) is 9.24. The van der Waals surface area contributed by atoms with Gasteiger partial charge in [-0.15, -0.1) is 0 Å². The van der Waals surface area contributed by atoms with Gasteiger partial charge in [-0.1, -0.05) is 25.1 Å². The average Bonchev–Trinajstić information content (AvgIpc) is 3.06. The molecule has 1 saturated heterocycles. The number of hydrogen-bond acceptors (Lipinski definition) is 6. The lowest BCUT2D eigenvalue weighted by Gasteiger charge is -2.36. The summed E-state index contributed by atoms with van der Waals surface area (Å²) in [5.74, 6) is 2.04. The van der Waals surface area contributed by atoms with E-state index in [0.29, 0.717) is 12.2 Å². The largest absolute Gasteiger partial charge is 0.355 e. The van der Waals surface area contributed by atoms with E-state index in [0.717, 1.165) is 69.3 Å². The highest BCUT2D eigenvalue weighted by molar-refractivity contribution is 5.54. The third-order valence-electron chi connectivity index (χ3n) is 7.23. The van der Waals surface area contributed by atoms with E-state index in [1.54, 1.807) is 0 Å². The lowest BCUT2D eigenvalue weighted by Crippen LogP contribution is -2.44.